The number of hydrogen-bond acceptors (Lipinski definition) is 8. The number of phosphoric ester groups is 1. The number of esters is 2. The van der Waals surface area contributed by atoms with E-state index in [0.717, 1.165) is 38.5 Å². The summed E-state index contributed by atoms with van der Waals surface area (Å²) >= 11 is 0. The van der Waals surface area contributed by atoms with Crippen LogP contribution >= 0.6 is 7.82 Å². The smallest absolute Gasteiger partial charge is 0.306 e. The van der Waals surface area contributed by atoms with Crippen molar-refractivity contribution in [2.45, 2.75) is 225 Å². The minimum atomic E-state index is -4.62. The van der Waals surface area contributed by atoms with Crippen molar-refractivity contribution in [3.8, 4) is 0 Å². The van der Waals surface area contributed by atoms with E-state index < -0.39 is 26.5 Å². The van der Waals surface area contributed by atoms with Crippen LogP contribution in [0.3, 0.4) is 0 Å². The van der Waals surface area contributed by atoms with Crippen LogP contribution in [0.2, 0.25) is 0 Å². The average Bonchev–Trinajstić information content (AvgIpc) is 3.15. The molecule has 0 bridgehead atoms. The highest BCUT2D eigenvalue weighted by Gasteiger charge is 2.21. The molecule has 0 rings (SSSR count). The number of rotatable bonds is 43. The SMILES string of the molecule is CCCCCCCC/C=C\CCCCCCCCCCCC(=O)OC(COC(=O)CCCCCCCCCCCCCCC)COP(=O)([O-])OCC[N+](C)(C)C. The van der Waals surface area contributed by atoms with Crippen LogP contribution < -0.4 is 4.89 Å². The number of allylic oxidation sites excluding steroid dienone is 2. The van der Waals surface area contributed by atoms with Gasteiger partial charge in [0.15, 0.2) is 6.10 Å². The van der Waals surface area contributed by atoms with Crippen molar-refractivity contribution in [1.82, 2.24) is 0 Å². The molecule has 9 nitrogen and oxygen atoms in total. The highest BCUT2D eigenvalue weighted by atomic mass is 31.2. The third kappa shape index (κ3) is 42.4. The molecule has 0 aromatic carbocycles. The molecule has 0 spiro atoms. The van der Waals surface area contributed by atoms with E-state index in [0.29, 0.717) is 17.4 Å². The van der Waals surface area contributed by atoms with E-state index in [2.05, 4.69) is 26.0 Å². The molecule has 10 heteroatoms. The minimum Gasteiger partial charge on any atom is -0.756 e. The van der Waals surface area contributed by atoms with E-state index in [-0.39, 0.29) is 32.0 Å². The lowest BCUT2D eigenvalue weighted by molar-refractivity contribution is -0.870. The van der Waals surface area contributed by atoms with E-state index in [1.807, 2.05) is 21.1 Å². The fourth-order valence-electron chi connectivity index (χ4n) is 6.59. The summed E-state index contributed by atoms with van der Waals surface area (Å²) in [6.45, 7) is 4.25. The van der Waals surface area contributed by atoms with Gasteiger partial charge in [0, 0.05) is 12.8 Å². The molecule has 0 aromatic rings. The van der Waals surface area contributed by atoms with Crippen LogP contribution in [0, 0.1) is 0 Å². The highest BCUT2D eigenvalue weighted by molar-refractivity contribution is 7.45. The van der Waals surface area contributed by atoms with Gasteiger partial charge in [0.2, 0.25) is 0 Å². The molecule has 0 aliphatic rings. The van der Waals surface area contributed by atoms with Crippen molar-refractivity contribution in [2.75, 3.05) is 47.5 Å². The predicted molar refractivity (Wildman–Crippen MR) is 231 cm³/mol. The van der Waals surface area contributed by atoms with E-state index in [4.69, 9.17) is 18.5 Å². The van der Waals surface area contributed by atoms with Crippen molar-refractivity contribution >= 4 is 19.8 Å². The van der Waals surface area contributed by atoms with Gasteiger partial charge in [0.25, 0.3) is 7.82 Å². The Morgan fingerprint density at radius 3 is 1.32 bits per heavy atom. The molecule has 0 aliphatic heterocycles. The summed E-state index contributed by atoms with van der Waals surface area (Å²) in [4.78, 5) is 37.6. The van der Waals surface area contributed by atoms with Crippen LogP contribution in [0.4, 0.5) is 0 Å². The Labute approximate surface area is 346 Å². The summed E-state index contributed by atoms with van der Waals surface area (Å²) in [6, 6.07) is 0. The third-order valence-electron chi connectivity index (χ3n) is 10.3. The molecule has 0 saturated heterocycles. The number of carbonyl (C=O) groups excluding carboxylic acids is 2. The van der Waals surface area contributed by atoms with Gasteiger partial charge in [-0.1, -0.05) is 180 Å². The maximum Gasteiger partial charge on any atom is 0.306 e. The first-order valence-corrected chi connectivity index (χ1v) is 24.9. The first-order chi connectivity index (χ1) is 27.0. The van der Waals surface area contributed by atoms with Crippen molar-refractivity contribution < 1.29 is 42.1 Å². The first kappa shape index (κ1) is 54.8. The van der Waals surface area contributed by atoms with E-state index in [1.165, 1.54) is 148 Å². The molecular formula is C46H90NO8P. The molecule has 0 radical (unpaired) electrons. The van der Waals surface area contributed by atoms with E-state index in [1.54, 1.807) is 0 Å². The molecule has 2 atom stereocenters. The molecule has 0 amide bonds. The molecule has 0 fully saturated rings. The summed E-state index contributed by atoms with van der Waals surface area (Å²) in [5.41, 5.74) is 0. The van der Waals surface area contributed by atoms with Crippen LogP contribution in [-0.2, 0) is 32.7 Å². The molecule has 0 aromatic heterocycles. The topological polar surface area (TPSA) is 111 Å². The van der Waals surface area contributed by atoms with Crippen molar-refractivity contribution in [3.63, 3.8) is 0 Å². The molecule has 0 heterocycles. The second-order valence-electron chi connectivity index (χ2n) is 17.1. The van der Waals surface area contributed by atoms with E-state index >= 15 is 0 Å². The van der Waals surface area contributed by atoms with Crippen molar-refractivity contribution in [1.29, 1.82) is 0 Å². The summed E-state index contributed by atoms with van der Waals surface area (Å²) in [6.07, 6.45) is 40.9. The van der Waals surface area contributed by atoms with Crippen LogP contribution in [0.15, 0.2) is 12.2 Å². The second-order valence-corrected chi connectivity index (χ2v) is 18.5. The van der Waals surface area contributed by atoms with Gasteiger partial charge in [-0.2, -0.15) is 0 Å². The third-order valence-corrected chi connectivity index (χ3v) is 11.2. The summed E-state index contributed by atoms with van der Waals surface area (Å²) < 4.78 is 33.9. The molecular weight excluding hydrogens is 725 g/mol. The van der Waals surface area contributed by atoms with Gasteiger partial charge in [-0.3, -0.25) is 14.2 Å². The first-order valence-electron chi connectivity index (χ1n) is 23.4. The molecule has 332 valence electrons. The standard InChI is InChI=1S/C46H90NO8P/c1-6-8-10-12-14-16-18-20-21-22-23-24-25-27-29-31-33-35-37-39-46(49)55-44(43-54-56(50,51)53-41-40-47(3,4)5)42-52-45(48)38-36-34-32-30-28-26-19-17-15-13-11-9-7-2/h20-21,44H,6-19,22-43H2,1-5H3/b21-20-. The number of carbonyl (C=O) groups is 2. The molecule has 2 unspecified atom stereocenters. The fourth-order valence-corrected chi connectivity index (χ4v) is 7.32. The Hall–Kier alpha value is -1.25. The molecule has 0 saturated carbocycles. The van der Waals surface area contributed by atoms with Gasteiger partial charge in [-0.05, 0) is 38.5 Å². The number of unbranched alkanes of at least 4 members (excludes halogenated alkanes) is 27. The largest absolute Gasteiger partial charge is 0.756 e. The van der Waals surface area contributed by atoms with Gasteiger partial charge in [0.05, 0.1) is 27.7 Å². The minimum absolute atomic E-state index is 0.0279. The Morgan fingerprint density at radius 1 is 0.536 bits per heavy atom. The number of likely N-dealkylation sites (N-methyl/N-ethyl adjacent to an activating group) is 1. The van der Waals surface area contributed by atoms with Crippen LogP contribution in [0.5, 0.6) is 0 Å². The summed E-state index contributed by atoms with van der Waals surface area (Å²) in [7, 11) is 1.18. The quantitative estimate of drug-likeness (QED) is 0.0197. The zero-order chi connectivity index (χ0) is 41.4. The van der Waals surface area contributed by atoms with Gasteiger partial charge >= 0.3 is 11.9 Å². The number of hydrogen-bond donors (Lipinski definition) is 0. The zero-order valence-corrected chi connectivity index (χ0v) is 38.2. The average molecular weight is 816 g/mol. The van der Waals surface area contributed by atoms with Gasteiger partial charge < -0.3 is 27.9 Å². The van der Waals surface area contributed by atoms with Gasteiger partial charge in [-0.15, -0.1) is 0 Å². The lowest BCUT2D eigenvalue weighted by atomic mass is 10.0. The molecule has 0 aliphatic carbocycles. The predicted octanol–water partition coefficient (Wildman–Crippen LogP) is 12.7. The lowest BCUT2D eigenvalue weighted by Gasteiger charge is -2.28. The number of ether oxygens (including phenoxy) is 2. The van der Waals surface area contributed by atoms with Crippen molar-refractivity contribution in [3.05, 3.63) is 12.2 Å². The number of quaternary nitrogens is 1. The molecule has 56 heavy (non-hydrogen) atoms. The number of phosphoric acid groups is 1. The zero-order valence-electron chi connectivity index (χ0n) is 37.3. The van der Waals surface area contributed by atoms with E-state index in [9.17, 15) is 19.0 Å². The highest BCUT2D eigenvalue weighted by Crippen LogP contribution is 2.38. The number of nitrogens with zero attached hydrogens (tertiary/aromatic N) is 1. The maximum absolute atomic E-state index is 12.7. The monoisotopic (exact) mass is 816 g/mol. The van der Waals surface area contributed by atoms with Crippen LogP contribution in [0.1, 0.15) is 219 Å². The Bertz CT molecular complexity index is 969. The van der Waals surface area contributed by atoms with Crippen molar-refractivity contribution in [2.24, 2.45) is 0 Å². The van der Waals surface area contributed by atoms with Crippen LogP contribution in [0.25, 0.3) is 0 Å². The van der Waals surface area contributed by atoms with Gasteiger partial charge in [0.1, 0.15) is 19.8 Å². The normalized spacial score (nSPS) is 13.6. The van der Waals surface area contributed by atoms with Crippen LogP contribution in [-0.4, -0.2) is 70.0 Å². The summed E-state index contributed by atoms with van der Waals surface area (Å²) in [5.74, 6) is -0.826. The fraction of sp³-hybridized carbons (Fsp3) is 0.913. The second kappa shape index (κ2) is 39.2. The Kier molecular flexibility index (Phi) is 38.3. The summed E-state index contributed by atoms with van der Waals surface area (Å²) in [5, 5.41) is 0. The Morgan fingerprint density at radius 2 is 0.911 bits per heavy atom. The Balaban J connectivity index is 4.28. The van der Waals surface area contributed by atoms with Gasteiger partial charge in [-0.25, -0.2) is 0 Å². The lowest BCUT2D eigenvalue weighted by Crippen LogP contribution is -2.37. The maximum atomic E-state index is 12.7. The molecule has 0 N–H and O–H groups in total.